The van der Waals surface area contributed by atoms with Gasteiger partial charge in [-0.2, -0.15) is 0 Å². The molecule has 1 rings (SSSR count). The highest BCUT2D eigenvalue weighted by molar-refractivity contribution is 5.89. The SMILES string of the molecule is C=CC(=O)OCC(COC(=O)C=C)(COC(=O)C=C)COC(=O)C1CC(C(=O)OCC(COC(=O)C=C)(COC(=O)C=C)COC(=O)C=C)C(C(=O)OCC(COC(=O)C=C)(COC(=O)C=C)COC(=O)C=C)CC1C(=O)OCC(COC(=O)C=C)(COC(=O)C=C)COC(=O)C=C. The molecule has 4 atom stereocenters. The van der Waals surface area contributed by atoms with E-state index in [0.717, 1.165) is 0 Å². The predicted molar refractivity (Wildman–Crippen MR) is 331 cm³/mol. The third-order valence-electron chi connectivity index (χ3n) is 13.5. The Morgan fingerprint density at radius 1 is 0.194 bits per heavy atom. The van der Waals surface area contributed by atoms with Gasteiger partial charge in [-0.3, -0.25) is 19.2 Å². The topological polar surface area (TPSA) is 421 Å². The molecular weight excluding hydrogens is 1300 g/mol. The van der Waals surface area contributed by atoms with E-state index in [1.807, 2.05) is 0 Å². The number of hydrogen-bond acceptors (Lipinski definition) is 32. The van der Waals surface area contributed by atoms with E-state index in [1.165, 1.54) is 0 Å². The van der Waals surface area contributed by atoms with Crippen molar-refractivity contribution in [1.82, 2.24) is 0 Å². The van der Waals surface area contributed by atoms with Gasteiger partial charge in [0.15, 0.2) is 0 Å². The Labute approximate surface area is 562 Å². The zero-order valence-corrected chi connectivity index (χ0v) is 53.5. The summed E-state index contributed by atoms with van der Waals surface area (Å²) in [6, 6.07) is 0. The summed E-state index contributed by atoms with van der Waals surface area (Å²) in [5.41, 5.74) is -8.37. The highest BCUT2D eigenvalue weighted by Crippen LogP contribution is 2.43. The molecule has 0 aromatic rings. The van der Waals surface area contributed by atoms with Gasteiger partial charge in [-0.25, -0.2) is 57.5 Å². The van der Waals surface area contributed by atoms with Crippen molar-refractivity contribution < 1.29 is 153 Å². The van der Waals surface area contributed by atoms with Crippen LogP contribution in [0, 0.1) is 45.3 Å². The van der Waals surface area contributed by atoms with Gasteiger partial charge >= 0.3 is 95.5 Å². The van der Waals surface area contributed by atoms with E-state index in [4.69, 9.17) is 75.8 Å². The summed E-state index contributed by atoms with van der Waals surface area (Å²) < 4.78 is 86.2. The lowest BCUT2D eigenvalue weighted by molar-refractivity contribution is -0.187. The van der Waals surface area contributed by atoms with Crippen LogP contribution in [0.25, 0.3) is 0 Å². The van der Waals surface area contributed by atoms with Crippen molar-refractivity contribution in [2.45, 2.75) is 12.8 Å². The van der Waals surface area contributed by atoms with Gasteiger partial charge in [-0.15, -0.1) is 0 Å². The van der Waals surface area contributed by atoms with E-state index in [-0.39, 0.29) is 0 Å². The van der Waals surface area contributed by atoms with E-state index in [9.17, 15) is 57.5 Å². The second-order valence-electron chi connectivity index (χ2n) is 21.1. The van der Waals surface area contributed by atoms with E-state index < -0.39 is 259 Å². The first-order valence-electron chi connectivity index (χ1n) is 28.6. The molecule has 32 heteroatoms. The average molecular weight is 1380 g/mol. The van der Waals surface area contributed by atoms with Crippen LogP contribution < -0.4 is 0 Å². The minimum Gasteiger partial charge on any atom is -0.464 e. The molecule has 0 amide bonds. The Morgan fingerprint density at radius 2 is 0.286 bits per heavy atom. The largest absolute Gasteiger partial charge is 0.464 e. The quantitative estimate of drug-likeness (QED) is 0.0478. The molecule has 1 fully saturated rings. The van der Waals surface area contributed by atoms with Gasteiger partial charge in [0, 0.05) is 72.9 Å². The molecule has 532 valence electrons. The third-order valence-corrected chi connectivity index (χ3v) is 13.5. The Balaban J connectivity index is 4.75. The minimum atomic E-state index is -2.12. The fourth-order valence-electron chi connectivity index (χ4n) is 7.97. The molecular formula is C66H76O32. The number of esters is 16. The summed E-state index contributed by atoms with van der Waals surface area (Å²) in [5.74, 6) is -27.9. The van der Waals surface area contributed by atoms with Gasteiger partial charge in [0.1, 0.15) is 127 Å². The summed E-state index contributed by atoms with van der Waals surface area (Å²) in [6.07, 6.45) is 6.28. The highest BCUT2D eigenvalue weighted by atomic mass is 16.6. The molecule has 0 aromatic carbocycles. The summed E-state index contributed by atoms with van der Waals surface area (Å²) in [7, 11) is 0. The Hall–Kier alpha value is -11.6. The maximum absolute atomic E-state index is 15.2. The molecule has 98 heavy (non-hydrogen) atoms. The second kappa shape index (κ2) is 43.4. The first-order valence-corrected chi connectivity index (χ1v) is 28.6. The van der Waals surface area contributed by atoms with Crippen LogP contribution in [-0.4, -0.2) is 201 Å². The van der Waals surface area contributed by atoms with Crippen molar-refractivity contribution in [3.05, 3.63) is 152 Å². The van der Waals surface area contributed by atoms with Crippen LogP contribution in [0.1, 0.15) is 12.8 Å². The lowest BCUT2D eigenvalue weighted by Gasteiger charge is -2.39. The first-order chi connectivity index (χ1) is 46.4. The Kier molecular flexibility index (Phi) is 37.4. The molecule has 0 aromatic heterocycles. The van der Waals surface area contributed by atoms with E-state index >= 15 is 19.2 Å². The minimum absolute atomic E-state index is 0.707. The molecule has 4 unspecified atom stereocenters. The smallest absolute Gasteiger partial charge is 0.330 e. The summed E-state index contributed by atoms with van der Waals surface area (Å²) in [4.78, 5) is 211. The number of rotatable bonds is 48. The molecule has 0 saturated heterocycles. The van der Waals surface area contributed by atoms with Crippen LogP contribution in [0.2, 0.25) is 0 Å². The fourth-order valence-corrected chi connectivity index (χ4v) is 7.97. The summed E-state index contributed by atoms with van der Waals surface area (Å²) in [5, 5.41) is 0. The molecule has 0 N–H and O–H groups in total. The zero-order chi connectivity index (χ0) is 74.1. The molecule has 0 bridgehead atoms. The highest BCUT2D eigenvalue weighted by Gasteiger charge is 2.54. The molecule has 0 aliphatic heterocycles. The number of hydrogen-bond donors (Lipinski definition) is 0. The van der Waals surface area contributed by atoms with Gasteiger partial charge in [0.2, 0.25) is 0 Å². The van der Waals surface area contributed by atoms with Crippen molar-refractivity contribution >= 4 is 95.5 Å². The number of ether oxygens (including phenoxy) is 16. The monoisotopic (exact) mass is 1380 g/mol. The van der Waals surface area contributed by atoms with Crippen LogP contribution >= 0.6 is 0 Å². The first kappa shape index (κ1) is 84.4. The Bertz CT molecular complexity index is 2450. The lowest BCUT2D eigenvalue weighted by atomic mass is 9.68. The van der Waals surface area contributed by atoms with Crippen molar-refractivity contribution in [1.29, 1.82) is 0 Å². The molecule has 32 nitrogen and oxygen atoms in total. The molecule has 1 saturated carbocycles. The average Bonchev–Trinajstić information content (AvgIpc) is 0.797. The molecule has 0 radical (unpaired) electrons. The van der Waals surface area contributed by atoms with Crippen molar-refractivity contribution in [2.24, 2.45) is 45.3 Å². The van der Waals surface area contributed by atoms with Gasteiger partial charge in [0.25, 0.3) is 0 Å². The van der Waals surface area contributed by atoms with Crippen molar-refractivity contribution in [3.63, 3.8) is 0 Å². The van der Waals surface area contributed by atoms with Crippen LogP contribution in [0.4, 0.5) is 0 Å². The third kappa shape index (κ3) is 29.8. The maximum atomic E-state index is 15.2. The summed E-state index contributed by atoms with van der Waals surface area (Å²) >= 11 is 0. The van der Waals surface area contributed by atoms with Gasteiger partial charge in [0.05, 0.1) is 23.7 Å². The number of carbonyl (C=O) groups excluding carboxylic acids is 16. The fraction of sp³-hybridized carbons (Fsp3) is 0.394. The van der Waals surface area contributed by atoms with Crippen molar-refractivity contribution in [3.8, 4) is 0 Å². The normalized spacial score (nSPS) is 14.6. The van der Waals surface area contributed by atoms with E-state index in [2.05, 4.69) is 78.9 Å². The standard InChI is InChI=1S/C66H76O32/c1-13-47(67)83-27-63(28-84-48(68)14-2,29-85-49(69)15-3)39-95-59(79)43-25-45(61(81)97-41-65(33-89-53(73)19-7,34-90-54(74)20-8)35-91-55(75)21-9)46(62(82)98-42-66(36-92-56(76)22-10,37-93-57(77)23-11)38-94-58(78)24-12)26-44(43)60(80)96-40-64(30-86-50(70)16-4,31-87-51(71)17-5)32-88-52(72)18-6/h13-24,43-46H,1-12,25-42H2. The van der Waals surface area contributed by atoms with Crippen LogP contribution in [-0.2, 0) is 153 Å². The van der Waals surface area contributed by atoms with Crippen LogP contribution in [0.15, 0.2) is 152 Å². The molecule has 1 aliphatic rings. The van der Waals surface area contributed by atoms with Gasteiger partial charge < -0.3 is 75.8 Å². The predicted octanol–water partition coefficient (Wildman–Crippen LogP) is 2.11. The van der Waals surface area contributed by atoms with E-state index in [0.29, 0.717) is 72.9 Å². The number of carbonyl (C=O) groups is 16. The summed E-state index contributed by atoms with van der Waals surface area (Å²) in [6.45, 7) is 24.4. The molecule has 0 spiro atoms. The Morgan fingerprint density at radius 3 is 0.378 bits per heavy atom. The molecule has 0 heterocycles. The second-order valence-corrected chi connectivity index (χ2v) is 21.1. The van der Waals surface area contributed by atoms with E-state index in [1.54, 1.807) is 0 Å². The lowest BCUT2D eigenvalue weighted by Crippen LogP contribution is -2.50. The van der Waals surface area contributed by atoms with Gasteiger partial charge in [-0.1, -0.05) is 78.9 Å². The molecule has 1 aliphatic carbocycles. The van der Waals surface area contributed by atoms with Crippen LogP contribution in [0.5, 0.6) is 0 Å². The zero-order valence-electron chi connectivity index (χ0n) is 53.5. The maximum Gasteiger partial charge on any atom is 0.330 e. The van der Waals surface area contributed by atoms with Crippen molar-refractivity contribution in [2.75, 3.05) is 106 Å². The van der Waals surface area contributed by atoms with Gasteiger partial charge in [-0.05, 0) is 12.8 Å². The van der Waals surface area contributed by atoms with Crippen LogP contribution in [0.3, 0.4) is 0 Å².